The van der Waals surface area contributed by atoms with Crippen molar-refractivity contribution in [1.29, 1.82) is 0 Å². The highest BCUT2D eigenvalue weighted by Gasteiger charge is 2.41. The summed E-state index contributed by atoms with van der Waals surface area (Å²) in [6.45, 7) is 2.94. The van der Waals surface area contributed by atoms with Crippen LogP contribution in [0.5, 0.6) is 0 Å². The van der Waals surface area contributed by atoms with Crippen molar-refractivity contribution in [2.75, 3.05) is 18.0 Å². The molecule has 0 spiro atoms. The van der Waals surface area contributed by atoms with E-state index in [2.05, 4.69) is 4.98 Å². The summed E-state index contributed by atoms with van der Waals surface area (Å²) >= 11 is 5.96. The molecule has 98 valence electrons. The van der Waals surface area contributed by atoms with Crippen molar-refractivity contribution in [1.82, 2.24) is 4.98 Å². The molecule has 1 fully saturated rings. The lowest BCUT2D eigenvalue weighted by Crippen LogP contribution is -2.62. The van der Waals surface area contributed by atoms with Crippen LogP contribution in [-0.4, -0.2) is 33.7 Å². The summed E-state index contributed by atoms with van der Waals surface area (Å²) in [5.74, 6) is 0.489. The van der Waals surface area contributed by atoms with Gasteiger partial charge in [0.1, 0.15) is 12.0 Å². The van der Waals surface area contributed by atoms with E-state index in [1.54, 1.807) is 0 Å². The Morgan fingerprint density at radius 3 is 2.83 bits per heavy atom. The lowest BCUT2D eigenvalue weighted by molar-refractivity contribution is -0.385. The first-order valence-corrected chi connectivity index (χ1v) is 6.10. The Labute approximate surface area is 109 Å². The van der Waals surface area contributed by atoms with Crippen LogP contribution < -0.4 is 4.90 Å². The average molecular weight is 272 g/mol. The number of nitro groups is 1. The third kappa shape index (κ3) is 2.39. The van der Waals surface area contributed by atoms with E-state index >= 15 is 0 Å². The molecule has 0 amide bonds. The van der Waals surface area contributed by atoms with E-state index in [0.717, 1.165) is 12.8 Å². The first-order chi connectivity index (χ1) is 8.45. The molecule has 1 N–H and O–H groups in total. The normalized spacial score (nSPS) is 17.4. The minimum atomic E-state index is -0.679. The van der Waals surface area contributed by atoms with E-state index < -0.39 is 10.5 Å². The summed E-state index contributed by atoms with van der Waals surface area (Å²) in [7, 11) is 0. The Morgan fingerprint density at radius 2 is 2.33 bits per heavy atom. The van der Waals surface area contributed by atoms with Crippen LogP contribution in [0.2, 0.25) is 5.02 Å². The lowest BCUT2D eigenvalue weighted by atomic mass is 9.89. The first-order valence-electron chi connectivity index (χ1n) is 5.72. The van der Waals surface area contributed by atoms with Crippen molar-refractivity contribution < 1.29 is 10.0 Å². The highest BCUT2D eigenvalue weighted by molar-refractivity contribution is 6.33. The van der Waals surface area contributed by atoms with Crippen molar-refractivity contribution in [2.45, 2.75) is 25.4 Å². The van der Waals surface area contributed by atoms with Crippen LogP contribution >= 0.6 is 11.6 Å². The quantitative estimate of drug-likeness (QED) is 0.669. The van der Waals surface area contributed by atoms with Gasteiger partial charge in [0.2, 0.25) is 0 Å². The van der Waals surface area contributed by atoms with Gasteiger partial charge in [0.15, 0.2) is 0 Å². The highest BCUT2D eigenvalue weighted by atomic mass is 35.5. The van der Waals surface area contributed by atoms with Gasteiger partial charge in [-0.3, -0.25) is 10.1 Å². The van der Waals surface area contributed by atoms with Crippen LogP contribution in [-0.2, 0) is 0 Å². The van der Waals surface area contributed by atoms with E-state index in [4.69, 9.17) is 11.6 Å². The summed E-state index contributed by atoms with van der Waals surface area (Å²) in [4.78, 5) is 15.8. The maximum Gasteiger partial charge on any atom is 0.289 e. The van der Waals surface area contributed by atoms with Gasteiger partial charge < -0.3 is 10.0 Å². The fraction of sp³-hybridized carbons (Fsp3) is 0.545. The van der Waals surface area contributed by atoms with Gasteiger partial charge in [-0.05, 0) is 6.42 Å². The predicted molar refractivity (Wildman–Crippen MR) is 68.0 cm³/mol. The number of hydrogen-bond donors (Lipinski definition) is 1. The molecule has 1 aliphatic rings. The van der Waals surface area contributed by atoms with Crippen LogP contribution in [0, 0.1) is 10.1 Å². The number of anilines is 1. The second-order valence-electron chi connectivity index (χ2n) is 4.59. The van der Waals surface area contributed by atoms with Gasteiger partial charge in [-0.1, -0.05) is 24.9 Å². The minimum absolute atomic E-state index is 0.131. The van der Waals surface area contributed by atoms with Crippen LogP contribution in [0.1, 0.15) is 19.8 Å². The fourth-order valence-corrected chi connectivity index (χ4v) is 2.47. The van der Waals surface area contributed by atoms with Crippen molar-refractivity contribution >= 4 is 23.1 Å². The van der Waals surface area contributed by atoms with Gasteiger partial charge in [0, 0.05) is 6.07 Å². The molecular weight excluding hydrogens is 258 g/mol. The standard InChI is InChI=1S/C11H14ClN3O3/c1-2-3-11(16)6-14(7-11)10-9(12)4-8(5-13-10)15(17)18/h4-5,16H,2-3,6-7H2,1H3. The zero-order chi connectivity index (χ0) is 13.3. The number of halogens is 1. The number of β-amino-alcohol motifs (C(OH)–C–C–N with tert-alkyl or cyclic N) is 1. The SMILES string of the molecule is CCCC1(O)CN(c2ncc([N+](=O)[O-])cc2Cl)C1. The van der Waals surface area contributed by atoms with Gasteiger partial charge in [0.05, 0.1) is 28.6 Å². The summed E-state index contributed by atoms with van der Waals surface area (Å²) in [6, 6.07) is 1.28. The molecule has 1 aliphatic heterocycles. The van der Waals surface area contributed by atoms with Crippen LogP contribution in [0.15, 0.2) is 12.3 Å². The van der Waals surface area contributed by atoms with Gasteiger partial charge in [-0.25, -0.2) is 4.98 Å². The van der Waals surface area contributed by atoms with Gasteiger partial charge in [-0.2, -0.15) is 0 Å². The highest BCUT2D eigenvalue weighted by Crippen LogP contribution is 2.34. The van der Waals surface area contributed by atoms with Crippen molar-refractivity contribution in [3.8, 4) is 0 Å². The van der Waals surface area contributed by atoms with E-state index in [1.165, 1.54) is 12.3 Å². The maximum absolute atomic E-state index is 10.6. The molecular formula is C11H14ClN3O3. The number of aliphatic hydroxyl groups is 1. The molecule has 0 aliphatic carbocycles. The van der Waals surface area contributed by atoms with E-state index in [0.29, 0.717) is 18.9 Å². The molecule has 0 atom stereocenters. The molecule has 0 aromatic carbocycles. The van der Waals surface area contributed by atoms with Crippen LogP contribution in [0.25, 0.3) is 0 Å². The molecule has 1 aromatic heterocycles. The Balaban J connectivity index is 2.10. The molecule has 1 aromatic rings. The lowest BCUT2D eigenvalue weighted by Gasteiger charge is -2.47. The molecule has 0 unspecified atom stereocenters. The van der Waals surface area contributed by atoms with Crippen molar-refractivity contribution in [3.05, 3.63) is 27.4 Å². The predicted octanol–water partition coefficient (Wildman–Crippen LogP) is 1.99. The summed E-state index contributed by atoms with van der Waals surface area (Å²) in [5, 5.41) is 20.9. The second-order valence-corrected chi connectivity index (χ2v) is 4.99. The van der Waals surface area contributed by atoms with E-state index in [-0.39, 0.29) is 10.7 Å². The maximum atomic E-state index is 10.6. The van der Waals surface area contributed by atoms with Crippen LogP contribution in [0.4, 0.5) is 11.5 Å². The number of hydrogen-bond acceptors (Lipinski definition) is 5. The van der Waals surface area contributed by atoms with Crippen molar-refractivity contribution in [3.63, 3.8) is 0 Å². The smallest absolute Gasteiger partial charge is 0.289 e. The Hall–Kier alpha value is -1.40. The molecule has 1 saturated heterocycles. The summed E-state index contributed by atoms with van der Waals surface area (Å²) < 4.78 is 0. The topological polar surface area (TPSA) is 79.5 Å². The summed E-state index contributed by atoms with van der Waals surface area (Å²) in [5.41, 5.74) is -0.810. The van der Waals surface area contributed by atoms with Gasteiger partial charge in [0.25, 0.3) is 5.69 Å². The van der Waals surface area contributed by atoms with Crippen molar-refractivity contribution in [2.24, 2.45) is 0 Å². The molecule has 7 heteroatoms. The third-order valence-electron chi connectivity index (χ3n) is 3.00. The third-order valence-corrected chi connectivity index (χ3v) is 3.28. The Morgan fingerprint density at radius 1 is 1.67 bits per heavy atom. The largest absolute Gasteiger partial charge is 0.386 e. The number of pyridine rings is 1. The zero-order valence-electron chi connectivity index (χ0n) is 9.97. The number of nitrogens with zero attached hydrogens (tertiary/aromatic N) is 3. The van der Waals surface area contributed by atoms with Gasteiger partial charge >= 0.3 is 0 Å². The number of aromatic nitrogens is 1. The monoisotopic (exact) mass is 271 g/mol. The fourth-order valence-electron chi connectivity index (χ4n) is 2.19. The Kier molecular flexibility index (Phi) is 3.41. The molecule has 0 radical (unpaired) electrons. The molecule has 18 heavy (non-hydrogen) atoms. The average Bonchev–Trinajstić information content (AvgIpc) is 2.26. The second kappa shape index (κ2) is 4.70. The summed E-state index contributed by atoms with van der Waals surface area (Å²) in [6.07, 6.45) is 2.82. The van der Waals surface area contributed by atoms with Crippen LogP contribution in [0.3, 0.4) is 0 Å². The first kappa shape index (κ1) is 13.0. The Bertz CT molecular complexity index is 475. The molecule has 0 saturated carbocycles. The molecule has 2 rings (SSSR count). The van der Waals surface area contributed by atoms with E-state index in [9.17, 15) is 15.2 Å². The molecule has 2 heterocycles. The van der Waals surface area contributed by atoms with Gasteiger partial charge in [-0.15, -0.1) is 0 Å². The van der Waals surface area contributed by atoms with E-state index in [1.807, 2.05) is 11.8 Å². The molecule has 0 bridgehead atoms. The number of rotatable bonds is 4. The minimum Gasteiger partial charge on any atom is -0.386 e. The zero-order valence-corrected chi connectivity index (χ0v) is 10.7. The molecule has 6 nitrogen and oxygen atoms in total.